The van der Waals surface area contributed by atoms with Gasteiger partial charge < -0.3 is 0 Å². The lowest BCUT2D eigenvalue weighted by molar-refractivity contribution is 0.310. The molecule has 0 radical (unpaired) electrons. The molecular formula is C32H42. The Morgan fingerprint density at radius 3 is 2.72 bits per heavy atom. The van der Waals surface area contributed by atoms with E-state index in [-0.39, 0.29) is 0 Å². The molecule has 0 spiro atoms. The van der Waals surface area contributed by atoms with Crippen LogP contribution in [0.4, 0.5) is 0 Å². The number of fused-ring (bicyclic) bond motifs is 1. The van der Waals surface area contributed by atoms with E-state index in [1.807, 2.05) is 6.08 Å². The van der Waals surface area contributed by atoms with Gasteiger partial charge >= 0.3 is 0 Å². The Hall–Kier alpha value is -2.08. The summed E-state index contributed by atoms with van der Waals surface area (Å²) in [6.45, 7) is 12.6. The summed E-state index contributed by atoms with van der Waals surface area (Å²) in [4.78, 5) is 0. The molecule has 4 rings (SSSR count). The SMILES string of the molecule is C=C/C=C1\CC(C2=CC(CC=C)/C(=C\C(C)C)C=C2)CCC1C1C=CC2CCCC=C2C1. The highest BCUT2D eigenvalue weighted by Crippen LogP contribution is 2.47. The first-order valence-corrected chi connectivity index (χ1v) is 13.0. The summed E-state index contributed by atoms with van der Waals surface area (Å²) < 4.78 is 0. The van der Waals surface area contributed by atoms with Crippen molar-refractivity contribution in [3.8, 4) is 0 Å². The van der Waals surface area contributed by atoms with Crippen LogP contribution in [0.25, 0.3) is 0 Å². The van der Waals surface area contributed by atoms with Gasteiger partial charge in [0.2, 0.25) is 0 Å². The number of hydrogen-bond acceptors (Lipinski definition) is 0. The lowest BCUT2D eigenvalue weighted by Gasteiger charge is -2.39. The number of allylic oxidation sites excluding steroid dienone is 14. The van der Waals surface area contributed by atoms with Crippen molar-refractivity contribution in [2.75, 3.05) is 0 Å². The van der Waals surface area contributed by atoms with E-state index in [4.69, 9.17) is 0 Å². The molecule has 32 heavy (non-hydrogen) atoms. The van der Waals surface area contributed by atoms with Gasteiger partial charge in [-0.15, -0.1) is 6.58 Å². The van der Waals surface area contributed by atoms with E-state index < -0.39 is 0 Å². The van der Waals surface area contributed by atoms with Gasteiger partial charge in [-0.2, -0.15) is 0 Å². The second-order valence-corrected chi connectivity index (χ2v) is 10.7. The van der Waals surface area contributed by atoms with Crippen molar-refractivity contribution in [2.45, 2.75) is 65.2 Å². The van der Waals surface area contributed by atoms with E-state index >= 15 is 0 Å². The lowest BCUT2D eigenvalue weighted by Crippen LogP contribution is -2.27. The summed E-state index contributed by atoms with van der Waals surface area (Å²) in [5.41, 5.74) is 6.35. The van der Waals surface area contributed by atoms with Crippen molar-refractivity contribution in [2.24, 2.45) is 35.5 Å². The van der Waals surface area contributed by atoms with Crippen LogP contribution in [0.3, 0.4) is 0 Å². The van der Waals surface area contributed by atoms with Crippen molar-refractivity contribution in [1.29, 1.82) is 0 Å². The molecule has 0 heterocycles. The van der Waals surface area contributed by atoms with Crippen molar-refractivity contribution in [1.82, 2.24) is 0 Å². The second kappa shape index (κ2) is 10.7. The maximum Gasteiger partial charge on any atom is 0.00552 e. The molecule has 0 N–H and O–H groups in total. The topological polar surface area (TPSA) is 0 Å². The monoisotopic (exact) mass is 426 g/mol. The molecule has 0 aromatic rings. The fourth-order valence-corrected chi connectivity index (χ4v) is 6.45. The first-order chi connectivity index (χ1) is 15.6. The van der Waals surface area contributed by atoms with Crippen LogP contribution in [0.15, 0.2) is 96.2 Å². The highest BCUT2D eigenvalue weighted by atomic mass is 14.4. The Bertz CT molecular complexity index is 881. The summed E-state index contributed by atoms with van der Waals surface area (Å²) in [5, 5.41) is 0. The second-order valence-electron chi connectivity index (χ2n) is 10.7. The van der Waals surface area contributed by atoms with E-state index in [1.165, 1.54) is 50.5 Å². The molecule has 0 saturated heterocycles. The predicted molar refractivity (Wildman–Crippen MR) is 140 cm³/mol. The van der Waals surface area contributed by atoms with Gasteiger partial charge in [0.25, 0.3) is 0 Å². The zero-order valence-electron chi connectivity index (χ0n) is 20.3. The Labute approximate surface area is 197 Å². The van der Waals surface area contributed by atoms with Gasteiger partial charge in [-0.3, -0.25) is 0 Å². The average molecular weight is 427 g/mol. The quantitative estimate of drug-likeness (QED) is 0.371. The zero-order valence-corrected chi connectivity index (χ0v) is 20.3. The van der Waals surface area contributed by atoms with Gasteiger partial charge in [-0.25, -0.2) is 0 Å². The molecule has 0 aromatic carbocycles. The van der Waals surface area contributed by atoms with Crippen LogP contribution >= 0.6 is 0 Å². The smallest absolute Gasteiger partial charge is 0.00552 e. The van der Waals surface area contributed by atoms with E-state index in [0.717, 1.165) is 12.3 Å². The van der Waals surface area contributed by atoms with Crippen LogP contribution in [0.5, 0.6) is 0 Å². The Balaban J connectivity index is 1.50. The molecule has 5 unspecified atom stereocenters. The molecule has 1 saturated carbocycles. The van der Waals surface area contributed by atoms with Crippen LogP contribution in [-0.4, -0.2) is 0 Å². The Morgan fingerprint density at radius 2 is 1.94 bits per heavy atom. The first-order valence-electron chi connectivity index (χ1n) is 13.0. The fraction of sp³-hybridized carbons (Fsp3) is 0.500. The molecule has 0 nitrogen and oxygen atoms in total. The van der Waals surface area contributed by atoms with Crippen LogP contribution in [-0.2, 0) is 0 Å². The van der Waals surface area contributed by atoms with Crippen molar-refractivity contribution in [3.63, 3.8) is 0 Å². The van der Waals surface area contributed by atoms with E-state index in [0.29, 0.717) is 29.6 Å². The molecule has 0 bridgehead atoms. The molecule has 1 fully saturated rings. The summed E-state index contributed by atoms with van der Waals surface area (Å²) in [5.74, 6) is 3.78. The van der Waals surface area contributed by atoms with Gasteiger partial charge in [-0.1, -0.05) is 92.3 Å². The van der Waals surface area contributed by atoms with Gasteiger partial charge in [0.05, 0.1) is 0 Å². The molecule has 0 aromatic heterocycles. The van der Waals surface area contributed by atoms with Gasteiger partial charge in [0.15, 0.2) is 0 Å². The first kappa shape index (κ1) is 23.1. The van der Waals surface area contributed by atoms with Crippen LogP contribution in [0, 0.1) is 35.5 Å². The summed E-state index contributed by atoms with van der Waals surface area (Å²) >= 11 is 0. The van der Waals surface area contributed by atoms with Gasteiger partial charge in [-0.05, 0) is 92.1 Å². The minimum atomic E-state index is 0.482. The predicted octanol–water partition coefficient (Wildman–Crippen LogP) is 9.09. The summed E-state index contributed by atoms with van der Waals surface area (Å²) in [6, 6.07) is 0. The molecule has 5 atom stereocenters. The third kappa shape index (κ3) is 5.28. The van der Waals surface area contributed by atoms with Crippen LogP contribution in [0.1, 0.15) is 65.2 Å². The Kier molecular flexibility index (Phi) is 7.71. The fourth-order valence-electron chi connectivity index (χ4n) is 6.45. The highest BCUT2D eigenvalue weighted by Gasteiger charge is 2.34. The van der Waals surface area contributed by atoms with E-state index in [1.54, 1.807) is 16.7 Å². The van der Waals surface area contributed by atoms with Crippen LogP contribution < -0.4 is 0 Å². The van der Waals surface area contributed by atoms with Crippen LogP contribution in [0.2, 0.25) is 0 Å². The summed E-state index contributed by atoms with van der Waals surface area (Å²) in [7, 11) is 0. The minimum Gasteiger partial charge on any atom is -0.103 e. The molecule has 0 heteroatoms. The van der Waals surface area contributed by atoms with Crippen molar-refractivity contribution in [3.05, 3.63) is 96.2 Å². The molecule has 170 valence electrons. The molecule has 0 aliphatic heterocycles. The van der Waals surface area contributed by atoms with Crippen molar-refractivity contribution >= 4 is 0 Å². The average Bonchev–Trinajstić information content (AvgIpc) is 2.80. The van der Waals surface area contributed by atoms with E-state index in [9.17, 15) is 0 Å². The summed E-state index contributed by atoms with van der Waals surface area (Å²) in [6.07, 6.45) is 33.9. The molecule has 4 aliphatic carbocycles. The minimum absolute atomic E-state index is 0.482. The maximum absolute atomic E-state index is 4.06. The zero-order chi connectivity index (χ0) is 22.5. The third-order valence-corrected chi connectivity index (χ3v) is 8.01. The normalized spacial score (nSPS) is 34.9. The maximum atomic E-state index is 4.06. The molecule has 4 aliphatic rings. The lowest BCUT2D eigenvalue weighted by atomic mass is 9.65. The Morgan fingerprint density at radius 1 is 1.06 bits per heavy atom. The third-order valence-electron chi connectivity index (χ3n) is 8.01. The van der Waals surface area contributed by atoms with E-state index in [2.05, 4.69) is 81.7 Å². The largest absolute Gasteiger partial charge is 0.103 e. The van der Waals surface area contributed by atoms with Gasteiger partial charge in [0.1, 0.15) is 0 Å². The van der Waals surface area contributed by atoms with Crippen molar-refractivity contribution < 1.29 is 0 Å². The standard InChI is InChI=1S/C32H42/c1-5-9-25-20-28(15-14-27(25)19-23(3)4)29-17-18-32(30(22-29)10-6-2)31-16-13-24-11-7-8-12-26(24)21-31/h5-6,10,12-16,19-20,23-25,29,31-32H,1-2,7-9,11,17-18,21-22H2,3-4H3/b27-19-,30-10+. The number of hydrogen-bond donors (Lipinski definition) is 0. The highest BCUT2D eigenvalue weighted by molar-refractivity contribution is 5.41. The molecule has 0 amide bonds. The number of rotatable bonds is 6. The van der Waals surface area contributed by atoms with Gasteiger partial charge in [0, 0.05) is 5.92 Å². The molecular weight excluding hydrogens is 384 g/mol.